The van der Waals surface area contributed by atoms with Crippen LogP contribution in [0.5, 0.6) is 0 Å². The molecule has 0 aromatic carbocycles. The number of piperidine rings is 2. The van der Waals surface area contributed by atoms with Gasteiger partial charge in [0.25, 0.3) is 0 Å². The third kappa shape index (κ3) is 9.12. The first-order valence-electron chi connectivity index (χ1n) is 10.2. The molecule has 3 heterocycles. The van der Waals surface area contributed by atoms with E-state index in [0.29, 0.717) is 0 Å². The molecule has 1 aromatic rings. The van der Waals surface area contributed by atoms with Gasteiger partial charge in [-0.25, -0.2) is 26.1 Å². The minimum atomic E-state index is 0. The van der Waals surface area contributed by atoms with Crippen molar-refractivity contribution in [3.63, 3.8) is 0 Å². The fourth-order valence-corrected chi connectivity index (χ4v) is 3.43. The van der Waals surface area contributed by atoms with Gasteiger partial charge in [0, 0.05) is 26.2 Å². The molecule has 0 aliphatic carbocycles. The fourth-order valence-electron chi connectivity index (χ4n) is 3.43. The Morgan fingerprint density at radius 3 is 1.50 bits per heavy atom. The minimum absolute atomic E-state index is 0. The molecule has 0 atom stereocenters. The van der Waals surface area contributed by atoms with Crippen LogP contribution in [0.15, 0.2) is 22.3 Å². The van der Waals surface area contributed by atoms with E-state index in [0.717, 1.165) is 54.6 Å². The number of rotatable bonds is 6. The second-order valence-corrected chi connectivity index (χ2v) is 7.60. The maximum atomic E-state index is 4.78. The number of hydrogen-bond acceptors (Lipinski definition) is 7. The number of hydrazone groups is 2. The predicted molar refractivity (Wildman–Crippen MR) is 111 cm³/mol. The van der Waals surface area contributed by atoms with Crippen molar-refractivity contribution < 1.29 is 43.4 Å². The predicted octanol–water partition coefficient (Wildman–Crippen LogP) is -3.18. The largest absolute Gasteiger partial charge is 2.00 e. The molecule has 0 amide bonds. The fraction of sp³-hybridized carbons (Fsp3) is 0.650. The van der Waals surface area contributed by atoms with Gasteiger partial charge in [0.2, 0.25) is 0 Å². The number of hydrazine groups is 2. The summed E-state index contributed by atoms with van der Waals surface area (Å²) in [5.41, 5.74) is 11.1. The summed E-state index contributed by atoms with van der Waals surface area (Å²) in [4.78, 5) is 4.78. The topological polar surface area (TPSA) is 68.2 Å². The third-order valence-electron chi connectivity index (χ3n) is 5.14. The molecule has 0 spiro atoms. The molecule has 167 valence electrons. The molecule has 2 aliphatic rings. The summed E-state index contributed by atoms with van der Waals surface area (Å²) in [6.45, 7) is 10.3. The smallest absolute Gasteiger partial charge is 1.00 e. The van der Waals surface area contributed by atoms with Gasteiger partial charge in [-0.3, -0.25) is 0 Å². The summed E-state index contributed by atoms with van der Waals surface area (Å²) in [7, 11) is 0. The van der Waals surface area contributed by atoms with E-state index < -0.39 is 0 Å². The van der Waals surface area contributed by atoms with Crippen LogP contribution >= 0.6 is 0 Å². The molecule has 0 saturated carbocycles. The zero-order valence-electron chi connectivity index (χ0n) is 18.2. The molecule has 30 heavy (non-hydrogen) atoms. The maximum absolute atomic E-state index is 4.78. The molecule has 0 unspecified atom stereocenters. The van der Waals surface area contributed by atoms with Crippen LogP contribution in [0.4, 0.5) is 0 Å². The normalized spacial score (nSPS) is 18.5. The standard InChI is InChI=1S/C20H33N7.2ClH.V/c1-16-14-19(17(2)22-24-26-10-6-4-7-11-26)21-20(15-16)18(3)23-25-27-12-8-5-9-13-27;;;/h14-15,24-25H,4-13H2,1-3H3;2*1H;/q;;;+2/p-2. The third-order valence-corrected chi connectivity index (χ3v) is 5.14. The zero-order chi connectivity index (χ0) is 19.1. The zero-order valence-corrected chi connectivity index (χ0v) is 21.1. The Labute approximate surface area is 205 Å². The first kappa shape index (κ1) is 29.2. The number of nitrogens with one attached hydrogen (secondary N) is 2. The average molecular weight is 493 g/mol. The Bertz CT molecular complexity index is 633. The Morgan fingerprint density at radius 2 is 1.13 bits per heavy atom. The molecule has 10 heteroatoms. The van der Waals surface area contributed by atoms with E-state index in [1.165, 1.54) is 38.5 Å². The Kier molecular flexibility index (Phi) is 14.6. The van der Waals surface area contributed by atoms with E-state index in [9.17, 15) is 0 Å². The van der Waals surface area contributed by atoms with Crippen molar-refractivity contribution in [3.8, 4) is 0 Å². The summed E-state index contributed by atoms with van der Waals surface area (Å²) in [5, 5.41) is 13.4. The summed E-state index contributed by atoms with van der Waals surface area (Å²) in [6.07, 6.45) is 7.55. The molecular formula is C20H33Cl2N7V. The molecule has 1 radical (unpaired) electrons. The van der Waals surface area contributed by atoms with E-state index in [2.05, 4.69) is 50.3 Å². The van der Waals surface area contributed by atoms with Gasteiger partial charge in [-0.2, -0.15) is 10.2 Å². The molecule has 2 saturated heterocycles. The minimum Gasteiger partial charge on any atom is -1.00 e. The molecule has 2 N–H and O–H groups in total. The summed E-state index contributed by atoms with van der Waals surface area (Å²) in [5.74, 6) is 0. The van der Waals surface area contributed by atoms with Gasteiger partial charge >= 0.3 is 18.6 Å². The number of aromatic nitrogens is 1. The maximum Gasteiger partial charge on any atom is 2.00 e. The molecule has 3 rings (SSSR count). The van der Waals surface area contributed by atoms with Crippen molar-refractivity contribution in [2.75, 3.05) is 26.2 Å². The van der Waals surface area contributed by atoms with Crippen molar-refractivity contribution in [2.45, 2.75) is 59.3 Å². The van der Waals surface area contributed by atoms with E-state index in [1.54, 1.807) is 0 Å². The van der Waals surface area contributed by atoms with Gasteiger partial charge in [-0.1, -0.05) is 12.8 Å². The monoisotopic (exact) mass is 492 g/mol. The van der Waals surface area contributed by atoms with Gasteiger partial charge < -0.3 is 24.8 Å². The van der Waals surface area contributed by atoms with E-state index in [1.807, 2.05) is 13.8 Å². The van der Waals surface area contributed by atoms with Gasteiger partial charge in [0.1, 0.15) is 0 Å². The Hall–Kier alpha value is -0.826. The summed E-state index contributed by atoms with van der Waals surface area (Å²) in [6, 6.07) is 4.15. The number of hydrogen-bond donors (Lipinski definition) is 2. The Morgan fingerprint density at radius 1 is 0.767 bits per heavy atom. The quantitative estimate of drug-likeness (QED) is 0.324. The Balaban J connectivity index is 0.00000280. The first-order chi connectivity index (χ1) is 13.1. The van der Waals surface area contributed by atoms with E-state index in [-0.39, 0.29) is 43.4 Å². The van der Waals surface area contributed by atoms with Crippen molar-refractivity contribution in [2.24, 2.45) is 10.2 Å². The molecule has 0 bridgehead atoms. The number of aryl methyl sites for hydroxylation is 1. The molecule has 2 aliphatic heterocycles. The van der Waals surface area contributed by atoms with Crippen LogP contribution in [-0.4, -0.2) is 52.6 Å². The van der Waals surface area contributed by atoms with Crippen molar-refractivity contribution in [1.29, 1.82) is 0 Å². The van der Waals surface area contributed by atoms with E-state index in [4.69, 9.17) is 4.98 Å². The average Bonchev–Trinajstić information content (AvgIpc) is 2.71. The second kappa shape index (κ2) is 15.1. The van der Waals surface area contributed by atoms with Crippen LogP contribution in [0.2, 0.25) is 0 Å². The van der Waals surface area contributed by atoms with Gasteiger partial charge in [0.15, 0.2) is 0 Å². The summed E-state index contributed by atoms with van der Waals surface area (Å²) >= 11 is 0. The van der Waals surface area contributed by atoms with Crippen LogP contribution in [0.3, 0.4) is 0 Å². The van der Waals surface area contributed by atoms with Crippen LogP contribution in [-0.2, 0) is 18.6 Å². The van der Waals surface area contributed by atoms with Gasteiger partial charge in [-0.05, 0) is 64.2 Å². The van der Waals surface area contributed by atoms with Crippen LogP contribution in [0.25, 0.3) is 0 Å². The number of halogens is 2. The molecule has 1 aromatic heterocycles. The SMILES string of the molecule is CC(=NNN1CCCCC1)c1cc(C)cc(C(C)=NNN2CCCCC2)n1.[Cl-].[Cl-].[V+2]. The van der Waals surface area contributed by atoms with Crippen molar-refractivity contribution >= 4 is 11.4 Å². The van der Waals surface area contributed by atoms with Gasteiger partial charge in [-0.15, -0.1) is 0 Å². The first-order valence-corrected chi connectivity index (χ1v) is 10.2. The van der Waals surface area contributed by atoms with E-state index >= 15 is 0 Å². The van der Waals surface area contributed by atoms with Crippen molar-refractivity contribution in [3.05, 3.63) is 29.1 Å². The molecular weight excluding hydrogens is 460 g/mol. The molecule has 2 fully saturated rings. The second-order valence-electron chi connectivity index (χ2n) is 7.60. The van der Waals surface area contributed by atoms with Crippen molar-refractivity contribution in [1.82, 2.24) is 26.1 Å². The molecule has 7 nitrogen and oxygen atoms in total. The number of nitrogens with zero attached hydrogens (tertiary/aromatic N) is 5. The van der Waals surface area contributed by atoms with Gasteiger partial charge in [0.05, 0.1) is 22.8 Å². The summed E-state index contributed by atoms with van der Waals surface area (Å²) < 4.78 is 0. The van der Waals surface area contributed by atoms with Crippen LogP contribution < -0.4 is 35.9 Å². The number of pyridine rings is 1. The van der Waals surface area contributed by atoms with Crippen LogP contribution in [0.1, 0.15) is 69.3 Å². The van der Waals surface area contributed by atoms with Crippen LogP contribution in [0, 0.1) is 6.92 Å².